The predicted molar refractivity (Wildman–Crippen MR) is 59.6 cm³/mol. The minimum atomic E-state index is 0.517. The number of imidazole rings is 1. The Morgan fingerprint density at radius 3 is 2.73 bits per heavy atom. The van der Waals surface area contributed by atoms with Gasteiger partial charge in [0.15, 0.2) is 0 Å². The fourth-order valence-corrected chi connectivity index (χ4v) is 2.63. The van der Waals surface area contributed by atoms with Gasteiger partial charge in [0, 0.05) is 30.4 Å². The molecule has 0 spiro atoms. The van der Waals surface area contributed by atoms with E-state index >= 15 is 0 Å². The molecule has 82 valence electrons. The summed E-state index contributed by atoms with van der Waals surface area (Å²) in [5.41, 5.74) is 7.32. The Morgan fingerprint density at radius 2 is 2.20 bits per heavy atom. The summed E-state index contributed by atoms with van der Waals surface area (Å²) in [5.74, 6) is 1.59. The number of nitrogens with two attached hydrogens (primary N) is 1. The largest absolute Gasteiger partial charge is 0.330 e. The van der Waals surface area contributed by atoms with Gasteiger partial charge >= 0.3 is 0 Å². The van der Waals surface area contributed by atoms with Crippen LogP contribution >= 0.6 is 0 Å². The van der Waals surface area contributed by atoms with Crippen LogP contribution in [0.25, 0.3) is 0 Å². The molecule has 2 aliphatic carbocycles. The van der Waals surface area contributed by atoms with Gasteiger partial charge in [0.1, 0.15) is 0 Å². The average Bonchev–Trinajstić information content (AvgIpc) is 2.88. The topological polar surface area (TPSA) is 43.8 Å². The van der Waals surface area contributed by atoms with E-state index in [1.54, 1.807) is 0 Å². The first-order valence-electron chi connectivity index (χ1n) is 6.12. The van der Waals surface area contributed by atoms with E-state index in [0.29, 0.717) is 6.04 Å². The zero-order valence-electron chi connectivity index (χ0n) is 9.10. The average molecular weight is 205 g/mol. The monoisotopic (exact) mass is 205 g/mol. The van der Waals surface area contributed by atoms with E-state index in [2.05, 4.69) is 15.7 Å². The molecule has 2 aliphatic rings. The molecule has 1 unspecified atom stereocenters. The van der Waals surface area contributed by atoms with Crippen LogP contribution in [0.4, 0.5) is 0 Å². The zero-order chi connectivity index (χ0) is 10.3. The normalized spacial score (nSPS) is 23.8. The third-order valence-electron chi connectivity index (χ3n) is 3.98. The summed E-state index contributed by atoms with van der Waals surface area (Å²) in [5, 5.41) is 0. The maximum absolute atomic E-state index is 5.88. The summed E-state index contributed by atoms with van der Waals surface area (Å²) in [4.78, 5) is 4.31. The van der Waals surface area contributed by atoms with Gasteiger partial charge in [-0.3, -0.25) is 0 Å². The highest BCUT2D eigenvalue weighted by molar-refractivity contribution is 5.12. The Kier molecular flexibility index (Phi) is 2.28. The SMILES string of the molecule is NCC(C1CC1)n1cncc1C1CCC1. The highest BCUT2D eigenvalue weighted by Crippen LogP contribution is 2.43. The lowest BCUT2D eigenvalue weighted by molar-refractivity contribution is 0.365. The van der Waals surface area contributed by atoms with Crippen LogP contribution in [0.15, 0.2) is 12.5 Å². The fourth-order valence-electron chi connectivity index (χ4n) is 2.63. The van der Waals surface area contributed by atoms with E-state index in [0.717, 1.165) is 18.4 Å². The molecule has 15 heavy (non-hydrogen) atoms. The van der Waals surface area contributed by atoms with Gasteiger partial charge in [0.2, 0.25) is 0 Å². The summed E-state index contributed by atoms with van der Waals surface area (Å²) in [6.07, 6.45) is 10.8. The highest BCUT2D eigenvalue weighted by atomic mass is 15.1. The lowest BCUT2D eigenvalue weighted by Gasteiger charge is -2.29. The highest BCUT2D eigenvalue weighted by Gasteiger charge is 2.34. The molecule has 3 nitrogen and oxygen atoms in total. The lowest BCUT2D eigenvalue weighted by atomic mass is 9.83. The van der Waals surface area contributed by atoms with E-state index in [4.69, 9.17) is 5.73 Å². The first kappa shape index (κ1) is 9.40. The van der Waals surface area contributed by atoms with Crippen LogP contribution in [0.2, 0.25) is 0 Å². The van der Waals surface area contributed by atoms with Crippen molar-refractivity contribution in [3.05, 3.63) is 18.2 Å². The van der Waals surface area contributed by atoms with E-state index in [1.807, 2.05) is 6.33 Å². The van der Waals surface area contributed by atoms with Crippen LogP contribution < -0.4 is 5.73 Å². The molecule has 2 saturated carbocycles. The molecular formula is C12H19N3. The van der Waals surface area contributed by atoms with Crippen LogP contribution in [0.3, 0.4) is 0 Å². The number of hydrogen-bond acceptors (Lipinski definition) is 2. The van der Waals surface area contributed by atoms with Crippen molar-refractivity contribution in [2.24, 2.45) is 11.7 Å². The van der Waals surface area contributed by atoms with Crippen molar-refractivity contribution in [3.63, 3.8) is 0 Å². The van der Waals surface area contributed by atoms with Crippen molar-refractivity contribution in [1.29, 1.82) is 0 Å². The molecular weight excluding hydrogens is 186 g/mol. The molecule has 0 saturated heterocycles. The smallest absolute Gasteiger partial charge is 0.0951 e. The van der Waals surface area contributed by atoms with Crippen LogP contribution in [-0.2, 0) is 0 Å². The van der Waals surface area contributed by atoms with Gasteiger partial charge in [-0.05, 0) is 31.6 Å². The number of hydrogen-bond donors (Lipinski definition) is 1. The molecule has 2 fully saturated rings. The molecule has 1 aromatic rings. The zero-order valence-corrected chi connectivity index (χ0v) is 9.10. The maximum Gasteiger partial charge on any atom is 0.0951 e. The number of aromatic nitrogens is 2. The number of rotatable bonds is 4. The van der Waals surface area contributed by atoms with Crippen molar-refractivity contribution in [2.75, 3.05) is 6.54 Å². The van der Waals surface area contributed by atoms with E-state index in [1.165, 1.54) is 37.8 Å². The van der Waals surface area contributed by atoms with E-state index < -0.39 is 0 Å². The van der Waals surface area contributed by atoms with Crippen LogP contribution in [-0.4, -0.2) is 16.1 Å². The van der Waals surface area contributed by atoms with Gasteiger partial charge in [-0.15, -0.1) is 0 Å². The molecule has 0 amide bonds. The summed E-state index contributed by atoms with van der Waals surface area (Å²) >= 11 is 0. The van der Waals surface area contributed by atoms with Crippen molar-refractivity contribution >= 4 is 0 Å². The van der Waals surface area contributed by atoms with Crippen molar-refractivity contribution in [2.45, 2.75) is 44.1 Å². The summed E-state index contributed by atoms with van der Waals surface area (Å²) in [7, 11) is 0. The lowest BCUT2D eigenvalue weighted by Crippen LogP contribution is -2.24. The third-order valence-corrected chi connectivity index (χ3v) is 3.98. The quantitative estimate of drug-likeness (QED) is 0.817. The second kappa shape index (κ2) is 3.63. The Bertz CT molecular complexity index is 336. The molecule has 1 atom stereocenters. The second-order valence-electron chi connectivity index (χ2n) is 4.99. The Morgan fingerprint density at radius 1 is 1.40 bits per heavy atom. The van der Waals surface area contributed by atoms with Crippen LogP contribution in [0, 0.1) is 5.92 Å². The standard InChI is InChI=1S/C12H19N3/c13-6-11(10-4-5-10)15-8-14-7-12(15)9-2-1-3-9/h7-11H,1-6,13H2. The van der Waals surface area contributed by atoms with Gasteiger partial charge in [0.25, 0.3) is 0 Å². The molecule has 0 bridgehead atoms. The van der Waals surface area contributed by atoms with Crippen LogP contribution in [0.5, 0.6) is 0 Å². The van der Waals surface area contributed by atoms with Gasteiger partial charge < -0.3 is 10.3 Å². The van der Waals surface area contributed by atoms with Gasteiger partial charge in [-0.1, -0.05) is 6.42 Å². The van der Waals surface area contributed by atoms with Gasteiger partial charge in [0.05, 0.1) is 6.33 Å². The summed E-state index contributed by atoms with van der Waals surface area (Å²) in [6, 6.07) is 0.517. The van der Waals surface area contributed by atoms with Crippen LogP contribution in [0.1, 0.15) is 49.8 Å². The first-order valence-corrected chi connectivity index (χ1v) is 6.12. The Labute approximate surface area is 90.7 Å². The number of nitrogens with zero attached hydrogens (tertiary/aromatic N) is 2. The van der Waals surface area contributed by atoms with Gasteiger partial charge in [-0.25, -0.2) is 4.98 Å². The summed E-state index contributed by atoms with van der Waals surface area (Å²) in [6.45, 7) is 0.765. The molecule has 3 heteroatoms. The maximum atomic E-state index is 5.88. The second-order valence-corrected chi connectivity index (χ2v) is 4.99. The first-order chi connectivity index (χ1) is 7.40. The van der Waals surface area contributed by atoms with Crippen molar-refractivity contribution < 1.29 is 0 Å². The molecule has 1 heterocycles. The van der Waals surface area contributed by atoms with Crippen molar-refractivity contribution in [3.8, 4) is 0 Å². The van der Waals surface area contributed by atoms with E-state index in [9.17, 15) is 0 Å². The Balaban J connectivity index is 1.85. The molecule has 0 radical (unpaired) electrons. The molecule has 0 aliphatic heterocycles. The molecule has 3 rings (SSSR count). The van der Waals surface area contributed by atoms with Gasteiger partial charge in [-0.2, -0.15) is 0 Å². The Hall–Kier alpha value is -0.830. The molecule has 0 aromatic carbocycles. The predicted octanol–water partition coefficient (Wildman–Crippen LogP) is 2.06. The minimum absolute atomic E-state index is 0.517. The third kappa shape index (κ3) is 1.59. The molecule has 2 N–H and O–H groups in total. The van der Waals surface area contributed by atoms with E-state index in [-0.39, 0.29) is 0 Å². The fraction of sp³-hybridized carbons (Fsp3) is 0.750. The summed E-state index contributed by atoms with van der Waals surface area (Å²) < 4.78 is 2.36. The molecule has 1 aromatic heterocycles. The minimum Gasteiger partial charge on any atom is -0.330 e. The van der Waals surface area contributed by atoms with Crippen molar-refractivity contribution in [1.82, 2.24) is 9.55 Å².